The van der Waals surface area contributed by atoms with E-state index in [2.05, 4.69) is 5.32 Å². The number of nitrogens with one attached hydrogen (secondary N) is 1. The average molecular weight is 375 g/mol. The zero-order valence-electron chi connectivity index (χ0n) is 16.6. The van der Waals surface area contributed by atoms with Crippen molar-refractivity contribution in [3.8, 4) is 0 Å². The summed E-state index contributed by atoms with van der Waals surface area (Å²) in [6, 6.07) is 5.84. The van der Waals surface area contributed by atoms with Gasteiger partial charge in [0.1, 0.15) is 6.54 Å². The lowest BCUT2D eigenvalue weighted by Gasteiger charge is -2.32. The Morgan fingerprint density at radius 2 is 1.89 bits per heavy atom. The minimum absolute atomic E-state index is 0.00408. The quantitative estimate of drug-likeness (QED) is 0.857. The molecule has 1 N–H and O–H groups in total. The number of nitrogens with zero attached hydrogens (tertiary/aromatic N) is 2. The summed E-state index contributed by atoms with van der Waals surface area (Å²) in [7, 11) is 0. The molecular weight excluding hydrogens is 346 g/mol. The number of amides is 3. The summed E-state index contributed by atoms with van der Waals surface area (Å²) in [6.45, 7) is 8.57. The van der Waals surface area contributed by atoms with Gasteiger partial charge < -0.3 is 19.9 Å². The number of carbonyl (C=O) groups is 3. The normalized spacial score (nSPS) is 14.6. The van der Waals surface area contributed by atoms with E-state index in [1.165, 1.54) is 11.8 Å². The molecule has 0 unspecified atom stereocenters. The summed E-state index contributed by atoms with van der Waals surface area (Å²) in [5.74, 6) is -0.364. The van der Waals surface area contributed by atoms with Gasteiger partial charge in [-0.05, 0) is 50.8 Å². The molecule has 0 aliphatic carbocycles. The molecule has 2 rings (SSSR count). The maximum atomic E-state index is 12.5. The molecule has 1 aliphatic heterocycles. The molecule has 3 amide bonds. The number of piperidine rings is 1. The number of anilines is 1. The fraction of sp³-hybridized carbons (Fsp3) is 0.550. The minimum atomic E-state index is -0.306. The number of hydrogen-bond donors (Lipinski definition) is 1. The van der Waals surface area contributed by atoms with Crippen LogP contribution >= 0.6 is 0 Å². The molecular formula is C20H29N3O4. The average Bonchev–Trinajstić information content (AvgIpc) is 2.62. The van der Waals surface area contributed by atoms with Crippen LogP contribution in [0, 0.1) is 13.8 Å². The van der Waals surface area contributed by atoms with Gasteiger partial charge in [0.25, 0.3) is 0 Å². The summed E-state index contributed by atoms with van der Waals surface area (Å²) < 4.78 is 5.00. The second-order valence-corrected chi connectivity index (χ2v) is 6.92. The van der Waals surface area contributed by atoms with Crippen molar-refractivity contribution in [2.45, 2.75) is 46.6 Å². The molecule has 0 atom stereocenters. The summed E-state index contributed by atoms with van der Waals surface area (Å²) in [6.07, 6.45) is 1.04. The van der Waals surface area contributed by atoms with Gasteiger partial charge in [0, 0.05) is 31.7 Å². The van der Waals surface area contributed by atoms with Crippen molar-refractivity contribution in [3.05, 3.63) is 29.3 Å². The predicted molar refractivity (Wildman–Crippen MR) is 104 cm³/mol. The molecule has 1 saturated heterocycles. The van der Waals surface area contributed by atoms with Gasteiger partial charge in [-0.1, -0.05) is 12.1 Å². The van der Waals surface area contributed by atoms with Crippen LogP contribution in [0.5, 0.6) is 0 Å². The van der Waals surface area contributed by atoms with Gasteiger partial charge in [-0.25, -0.2) is 4.79 Å². The van der Waals surface area contributed by atoms with E-state index in [1.807, 2.05) is 32.0 Å². The third-order valence-electron chi connectivity index (χ3n) is 4.72. The third kappa shape index (κ3) is 5.70. The van der Waals surface area contributed by atoms with Crippen molar-refractivity contribution in [3.63, 3.8) is 0 Å². The first-order valence-electron chi connectivity index (χ1n) is 9.38. The number of carbonyl (C=O) groups excluding carboxylic acids is 3. The zero-order valence-corrected chi connectivity index (χ0v) is 16.6. The highest BCUT2D eigenvalue weighted by molar-refractivity contribution is 5.98. The Labute approximate surface area is 160 Å². The second-order valence-electron chi connectivity index (χ2n) is 6.92. The van der Waals surface area contributed by atoms with E-state index in [9.17, 15) is 14.4 Å². The minimum Gasteiger partial charge on any atom is -0.450 e. The van der Waals surface area contributed by atoms with Crippen LogP contribution < -0.4 is 10.2 Å². The molecule has 1 aliphatic rings. The standard InChI is InChI=1S/C20H29N3O4/c1-5-27-20(26)22-10-8-17(9-11-22)21-19(25)13-23(16(4)24)18-12-14(2)6-7-15(18)3/h6-7,12,17H,5,8-11,13H2,1-4H3,(H,21,25). The monoisotopic (exact) mass is 375 g/mol. The number of ether oxygens (including phenoxy) is 1. The molecule has 0 bridgehead atoms. The summed E-state index contributed by atoms with van der Waals surface area (Å²) in [4.78, 5) is 39.5. The van der Waals surface area contributed by atoms with Crippen LogP contribution in [-0.4, -0.2) is 55.1 Å². The Morgan fingerprint density at radius 1 is 1.22 bits per heavy atom. The van der Waals surface area contributed by atoms with Crippen LogP contribution in [0.1, 0.15) is 37.8 Å². The fourth-order valence-corrected chi connectivity index (χ4v) is 3.21. The summed E-state index contributed by atoms with van der Waals surface area (Å²) >= 11 is 0. The molecule has 1 aromatic carbocycles. The first kappa shape index (κ1) is 20.7. The number of hydrogen-bond acceptors (Lipinski definition) is 4. The summed E-state index contributed by atoms with van der Waals surface area (Å²) in [5, 5.41) is 2.99. The number of rotatable bonds is 5. The maximum Gasteiger partial charge on any atom is 0.409 e. The number of likely N-dealkylation sites (tertiary alicyclic amines) is 1. The van der Waals surface area contributed by atoms with Crippen LogP contribution in [-0.2, 0) is 14.3 Å². The third-order valence-corrected chi connectivity index (χ3v) is 4.72. The molecule has 1 fully saturated rings. The van der Waals surface area contributed by atoms with Gasteiger partial charge in [0.2, 0.25) is 11.8 Å². The molecule has 148 valence electrons. The second kappa shape index (κ2) is 9.39. The molecule has 0 spiro atoms. The lowest BCUT2D eigenvalue weighted by molar-refractivity contribution is -0.123. The molecule has 0 aromatic heterocycles. The smallest absolute Gasteiger partial charge is 0.409 e. The maximum absolute atomic E-state index is 12.5. The van der Waals surface area contributed by atoms with Crippen molar-refractivity contribution in [2.75, 3.05) is 31.1 Å². The Balaban J connectivity index is 1.93. The Morgan fingerprint density at radius 3 is 2.48 bits per heavy atom. The molecule has 7 heteroatoms. The van der Waals surface area contributed by atoms with Crippen molar-refractivity contribution >= 4 is 23.6 Å². The van der Waals surface area contributed by atoms with Gasteiger partial charge in [-0.15, -0.1) is 0 Å². The predicted octanol–water partition coefficient (Wildman–Crippen LogP) is 2.39. The van der Waals surface area contributed by atoms with Crippen LogP contribution in [0.25, 0.3) is 0 Å². The Bertz CT molecular complexity index is 696. The van der Waals surface area contributed by atoms with E-state index in [1.54, 1.807) is 11.8 Å². The largest absolute Gasteiger partial charge is 0.450 e. The first-order valence-corrected chi connectivity index (χ1v) is 9.38. The summed E-state index contributed by atoms with van der Waals surface area (Å²) in [5.41, 5.74) is 2.75. The van der Waals surface area contributed by atoms with Gasteiger partial charge in [0.15, 0.2) is 0 Å². The highest BCUT2D eigenvalue weighted by Gasteiger charge is 2.25. The topological polar surface area (TPSA) is 79.0 Å². The highest BCUT2D eigenvalue weighted by Crippen LogP contribution is 2.22. The van der Waals surface area contributed by atoms with Gasteiger partial charge in [-0.3, -0.25) is 9.59 Å². The highest BCUT2D eigenvalue weighted by atomic mass is 16.6. The van der Waals surface area contributed by atoms with E-state index < -0.39 is 0 Å². The van der Waals surface area contributed by atoms with Crippen LogP contribution in [0.2, 0.25) is 0 Å². The lowest BCUT2D eigenvalue weighted by atomic mass is 10.1. The Kier molecular flexibility index (Phi) is 7.21. The number of benzene rings is 1. The van der Waals surface area contributed by atoms with Crippen LogP contribution in [0.15, 0.2) is 18.2 Å². The van der Waals surface area contributed by atoms with E-state index in [0.717, 1.165) is 16.8 Å². The van der Waals surface area contributed by atoms with Crippen molar-refractivity contribution in [1.82, 2.24) is 10.2 Å². The molecule has 7 nitrogen and oxygen atoms in total. The molecule has 0 saturated carbocycles. The van der Waals surface area contributed by atoms with E-state index in [0.29, 0.717) is 32.5 Å². The van der Waals surface area contributed by atoms with E-state index >= 15 is 0 Å². The van der Waals surface area contributed by atoms with Gasteiger partial charge in [0.05, 0.1) is 6.61 Å². The van der Waals surface area contributed by atoms with E-state index in [-0.39, 0.29) is 30.5 Å². The first-order chi connectivity index (χ1) is 12.8. The molecule has 1 aromatic rings. The zero-order chi connectivity index (χ0) is 20.0. The molecule has 1 heterocycles. The van der Waals surface area contributed by atoms with Crippen molar-refractivity contribution in [1.29, 1.82) is 0 Å². The fourth-order valence-electron chi connectivity index (χ4n) is 3.21. The molecule has 0 radical (unpaired) electrons. The van der Waals surface area contributed by atoms with Crippen molar-refractivity contribution < 1.29 is 19.1 Å². The number of aryl methyl sites for hydroxylation is 2. The van der Waals surface area contributed by atoms with E-state index in [4.69, 9.17) is 4.74 Å². The molecule has 27 heavy (non-hydrogen) atoms. The van der Waals surface area contributed by atoms with Crippen molar-refractivity contribution in [2.24, 2.45) is 0 Å². The van der Waals surface area contributed by atoms with Crippen LogP contribution in [0.3, 0.4) is 0 Å². The van der Waals surface area contributed by atoms with Gasteiger partial charge in [-0.2, -0.15) is 0 Å². The lowest BCUT2D eigenvalue weighted by Crippen LogP contribution is -2.49. The Hall–Kier alpha value is -2.57. The van der Waals surface area contributed by atoms with Crippen LogP contribution in [0.4, 0.5) is 10.5 Å². The van der Waals surface area contributed by atoms with Gasteiger partial charge >= 0.3 is 6.09 Å². The SMILES string of the molecule is CCOC(=O)N1CCC(NC(=O)CN(C(C)=O)c2cc(C)ccc2C)CC1.